The van der Waals surface area contributed by atoms with Gasteiger partial charge in [0.05, 0.1) is 11.5 Å². The number of hydrogen-bond acceptors (Lipinski definition) is 6. The molecule has 1 aromatic carbocycles. The third kappa shape index (κ3) is 4.76. The summed E-state index contributed by atoms with van der Waals surface area (Å²) in [7, 11) is -4.11. The first-order valence-electron chi connectivity index (χ1n) is 5.88. The number of sulfonamides is 1. The van der Waals surface area contributed by atoms with Crippen molar-refractivity contribution in [3.63, 3.8) is 0 Å². The van der Waals surface area contributed by atoms with Crippen LogP contribution in [0.5, 0.6) is 5.75 Å². The Morgan fingerprint density at radius 3 is 2.55 bits per heavy atom. The average molecular weight is 304 g/mol. The van der Waals surface area contributed by atoms with Crippen molar-refractivity contribution in [2.24, 2.45) is 5.14 Å². The Labute approximate surface area is 116 Å². The zero-order valence-corrected chi connectivity index (χ0v) is 11.8. The van der Waals surface area contributed by atoms with Crippen LogP contribution in [0.25, 0.3) is 0 Å². The molecule has 0 aliphatic rings. The number of nitrogens with two attached hydrogens (primary N) is 1. The summed E-state index contributed by atoms with van der Waals surface area (Å²) in [4.78, 5) is 9.51. The minimum Gasteiger partial charge on any atom is -0.490 e. The van der Waals surface area contributed by atoms with Crippen LogP contribution in [0.15, 0.2) is 23.1 Å². The Kier molecular flexibility index (Phi) is 5.86. The molecule has 0 heterocycles. The molecular weight excluding hydrogens is 288 g/mol. The fraction of sp³-hybridized carbons (Fsp3) is 0.455. The molecule has 0 unspecified atom stereocenters. The number of primary sulfonamides is 1. The van der Waals surface area contributed by atoms with Crippen molar-refractivity contribution >= 4 is 15.7 Å². The van der Waals surface area contributed by atoms with Crippen LogP contribution in [0.4, 0.5) is 5.69 Å². The standard InChI is InChI=1S/C11H16N2O6S/c1-2-5-18-6-7-19-10-4-3-9(13(14)15)8-11(10)20(12,16)17/h3-4,8H,2,5-7H2,1H3,(H2,12,16,17). The Morgan fingerprint density at radius 1 is 1.30 bits per heavy atom. The van der Waals surface area contributed by atoms with Gasteiger partial charge < -0.3 is 9.47 Å². The molecule has 112 valence electrons. The number of hydrogen-bond donors (Lipinski definition) is 1. The van der Waals surface area contributed by atoms with E-state index in [0.717, 1.165) is 18.6 Å². The van der Waals surface area contributed by atoms with Crippen LogP contribution >= 0.6 is 0 Å². The summed E-state index contributed by atoms with van der Waals surface area (Å²) >= 11 is 0. The molecule has 0 saturated heterocycles. The van der Waals surface area contributed by atoms with Gasteiger partial charge in [-0.1, -0.05) is 6.92 Å². The second-order valence-corrected chi connectivity index (χ2v) is 5.42. The predicted octanol–water partition coefficient (Wildman–Crippen LogP) is 1.05. The maximum absolute atomic E-state index is 11.4. The van der Waals surface area contributed by atoms with E-state index in [9.17, 15) is 18.5 Å². The van der Waals surface area contributed by atoms with E-state index in [4.69, 9.17) is 14.6 Å². The van der Waals surface area contributed by atoms with Crippen molar-refractivity contribution in [3.05, 3.63) is 28.3 Å². The number of benzene rings is 1. The van der Waals surface area contributed by atoms with E-state index in [-0.39, 0.29) is 24.7 Å². The van der Waals surface area contributed by atoms with Gasteiger partial charge in [0.2, 0.25) is 10.0 Å². The summed E-state index contributed by atoms with van der Waals surface area (Å²) in [5.74, 6) is -0.0294. The molecule has 0 fully saturated rings. The monoisotopic (exact) mass is 304 g/mol. The number of rotatable bonds is 8. The molecule has 0 saturated carbocycles. The first-order chi connectivity index (χ1) is 9.36. The smallest absolute Gasteiger partial charge is 0.271 e. The summed E-state index contributed by atoms with van der Waals surface area (Å²) in [5.41, 5.74) is -0.372. The number of nitro benzene ring substituents is 1. The van der Waals surface area contributed by atoms with Crippen molar-refractivity contribution in [2.45, 2.75) is 18.2 Å². The molecule has 1 rings (SSSR count). The van der Waals surface area contributed by atoms with Gasteiger partial charge in [-0.2, -0.15) is 0 Å². The summed E-state index contributed by atoms with van der Waals surface area (Å²) in [6.07, 6.45) is 0.861. The van der Waals surface area contributed by atoms with Crippen LogP contribution < -0.4 is 9.88 Å². The van der Waals surface area contributed by atoms with Crippen LogP contribution in [0.1, 0.15) is 13.3 Å². The maximum atomic E-state index is 11.4. The lowest BCUT2D eigenvalue weighted by Crippen LogP contribution is -2.15. The Hall–Kier alpha value is -1.71. The van der Waals surface area contributed by atoms with E-state index in [1.165, 1.54) is 6.07 Å². The highest BCUT2D eigenvalue weighted by molar-refractivity contribution is 7.89. The van der Waals surface area contributed by atoms with Crippen LogP contribution in [-0.4, -0.2) is 33.2 Å². The van der Waals surface area contributed by atoms with Gasteiger partial charge in [-0.25, -0.2) is 13.6 Å². The molecule has 0 aliphatic heterocycles. The van der Waals surface area contributed by atoms with Crippen molar-refractivity contribution < 1.29 is 22.8 Å². The lowest BCUT2D eigenvalue weighted by atomic mass is 10.3. The molecular formula is C11H16N2O6S. The molecule has 8 nitrogen and oxygen atoms in total. The number of non-ortho nitro benzene ring substituents is 1. The largest absolute Gasteiger partial charge is 0.490 e. The quantitative estimate of drug-likeness (QED) is 0.435. The highest BCUT2D eigenvalue weighted by Gasteiger charge is 2.20. The van der Waals surface area contributed by atoms with Crippen LogP contribution in [0.2, 0.25) is 0 Å². The van der Waals surface area contributed by atoms with E-state index in [0.29, 0.717) is 6.61 Å². The van der Waals surface area contributed by atoms with Gasteiger partial charge in [-0.3, -0.25) is 10.1 Å². The van der Waals surface area contributed by atoms with Crippen LogP contribution in [0, 0.1) is 10.1 Å². The second-order valence-electron chi connectivity index (χ2n) is 3.89. The Balaban J connectivity index is 2.87. The second kappa shape index (κ2) is 7.17. The topological polar surface area (TPSA) is 122 Å². The van der Waals surface area contributed by atoms with E-state index in [1.54, 1.807) is 0 Å². The molecule has 9 heteroatoms. The normalized spacial score (nSPS) is 11.3. The lowest BCUT2D eigenvalue weighted by molar-refractivity contribution is -0.385. The molecule has 0 aliphatic carbocycles. The Morgan fingerprint density at radius 2 is 2.00 bits per heavy atom. The zero-order chi connectivity index (χ0) is 15.2. The molecule has 0 radical (unpaired) electrons. The van der Waals surface area contributed by atoms with Gasteiger partial charge in [0.15, 0.2) is 0 Å². The highest BCUT2D eigenvalue weighted by Crippen LogP contribution is 2.27. The van der Waals surface area contributed by atoms with Gasteiger partial charge in [-0.15, -0.1) is 0 Å². The molecule has 0 amide bonds. The average Bonchev–Trinajstić information content (AvgIpc) is 2.37. The molecule has 20 heavy (non-hydrogen) atoms. The zero-order valence-electron chi connectivity index (χ0n) is 10.9. The summed E-state index contributed by atoms with van der Waals surface area (Å²) in [6.45, 7) is 2.94. The van der Waals surface area contributed by atoms with E-state index >= 15 is 0 Å². The highest BCUT2D eigenvalue weighted by atomic mass is 32.2. The van der Waals surface area contributed by atoms with Crippen LogP contribution in [-0.2, 0) is 14.8 Å². The number of nitrogens with zero attached hydrogens (tertiary/aromatic N) is 1. The molecule has 0 atom stereocenters. The molecule has 2 N–H and O–H groups in total. The summed E-state index contributed by atoms with van der Waals surface area (Å²) in [6, 6.07) is 3.23. The molecule has 0 spiro atoms. The third-order valence-corrected chi connectivity index (χ3v) is 3.21. The van der Waals surface area contributed by atoms with E-state index in [2.05, 4.69) is 0 Å². The fourth-order valence-electron chi connectivity index (χ4n) is 1.41. The van der Waals surface area contributed by atoms with E-state index in [1.807, 2.05) is 6.92 Å². The SMILES string of the molecule is CCCOCCOc1ccc([N+](=O)[O-])cc1S(N)(=O)=O. The first kappa shape index (κ1) is 16.3. The van der Waals surface area contributed by atoms with Crippen molar-refractivity contribution in [3.8, 4) is 5.75 Å². The number of ether oxygens (including phenoxy) is 2. The van der Waals surface area contributed by atoms with Gasteiger partial charge in [0.25, 0.3) is 5.69 Å². The minimum absolute atomic E-state index is 0.0294. The van der Waals surface area contributed by atoms with Gasteiger partial charge in [0.1, 0.15) is 17.3 Å². The predicted molar refractivity (Wildman–Crippen MR) is 71.1 cm³/mol. The Bertz CT molecular complexity index is 572. The van der Waals surface area contributed by atoms with Crippen molar-refractivity contribution in [1.82, 2.24) is 0 Å². The van der Waals surface area contributed by atoms with Gasteiger partial charge in [-0.05, 0) is 12.5 Å². The van der Waals surface area contributed by atoms with E-state index < -0.39 is 19.8 Å². The molecule has 0 bridgehead atoms. The lowest BCUT2D eigenvalue weighted by Gasteiger charge is -2.10. The number of nitro groups is 1. The summed E-state index contributed by atoms with van der Waals surface area (Å²) < 4.78 is 33.2. The summed E-state index contributed by atoms with van der Waals surface area (Å²) in [5, 5.41) is 15.6. The van der Waals surface area contributed by atoms with Crippen molar-refractivity contribution in [1.29, 1.82) is 0 Å². The van der Waals surface area contributed by atoms with Gasteiger partial charge in [0, 0.05) is 18.7 Å². The minimum atomic E-state index is -4.11. The first-order valence-corrected chi connectivity index (χ1v) is 7.42. The van der Waals surface area contributed by atoms with Gasteiger partial charge >= 0.3 is 0 Å². The maximum Gasteiger partial charge on any atom is 0.271 e. The van der Waals surface area contributed by atoms with Crippen molar-refractivity contribution in [2.75, 3.05) is 19.8 Å². The fourth-order valence-corrected chi connectivity index (χ4v) is 2.10. The molecule has 1 aromatic rings. The molecule has 0 aromatic heterocycles. The third-order valence-electron chi connectivity index (χ3n) is 2.28. The van der Waals surface area contributed by atoms with Crippen LogP contribution in [0.3, 0.4) is 0 Å².